The summed E-state index contributed by atoms with van der Waals surface area (Å²) < 4.78 is 10.7. The molecular weight excluding hydrogens is 454 g/mol. The maximum absolute atomic E-state index is 12.8. The number of nitrogens with zero attached hydrogens (tertiary/aromatic N) is 5. The third-order valence-electron chi connectivity index (χ3n) is 7.37. The monoisotopic (exact) mass is 489 g/mol. The molecule has 2 aliphatic heterocycles. The number of benzene rings is 2. The molecule has 0 atom stereocenters. The van der Waals surface area contributed by atoms with Crippen LogP contribution in [0.25, 0.3) is 11.4 Å². The molecule has 2 aliphatic rings. The summed E-state index contributed by atoms with van der Waals surface area (Å²) in [5.74, 6) is 2.87. The normalized spacial score (nSPS) is 16.9. The summed E-state index contributed by atoms with van der Waals surface area (Å²) in [5.41, 5.74) is 3.33. The van der Waals surface area contributed by atoms with Crippen LogP contribution in [0.1, 0.15) is 32.1 Å². The molecule has 0 bridgehead atoms. The third kappa shape index (κ3) is 5.64. The van der Waals surface area contributed by atoms with E-state index in [0.717, 1.165) is 49.1 Å². The number of piperazine rings is 1. The second-order valence-electron chi connectivity index (χ2n) is 9.79. The number of hydrogen-bond donors (Lipinski definition) is 0. The van der Waals surface area contributed by atoms with E-state index in [1.54, 1.807) is 7.11 Å². The van der Waals surface area contributed by atoms with Crippen LogP contribution in [-0.2, 0) is 11.2 Å². The number of piperidine rings is 1. The molecule has 8 heteroatoms. The number of carbonyl (C=O) groups excluding carboxylic acids is 1. The van der Waals surface area contributed by atoms with Crippen LogP contribution in [0, 0.1) is 5.92 Å². The van der Waals surface area contributed by atoms with Crippen LogP contribution in [-0.4, -0.2) is 67.3 Å². The van der Waals surface area contributed by atoms with Gasteiger partial charge in [0.1, 0.15) is 5.75 Å². The lowest BCUT2D eigenvalue weighted by atomic mass is 9.98. The number of rotatable bonds is 7. The minimum Gasteiger partial charge on any atom is -0.497 e. The van der Waals surface area contributed by atoms with Gasteiger partial charge in [0, 0.05) is 69.0 Å². The molecular formula is C28H35N5O3. The van der Waals surface area contributed by atoms with Crippen LogP contribution in [0.5, 0.6) is 5.75 Å². The number of amides is 1. The maximum Gasteiger partial charge on any atom is 0.227 e. The van der Waals surface area contributed by atoms with Crippen LogP contribution in [0.2, 0.25) is 0 Å². The van der Waals surface area contributed by atoms with Gasteiger partial charge in [-0.05, 0) is 67.3 Å². The number of hydrogen-bond acceptors (Lipinski definition) is 7. The zero-order valence-electron chi connectivity index (χ0n) is 21.2. The molecule has 1 aromatic heterocycles. The second kappa shape index (κ2) is 11.0. The number of carbonyl (C=O) groups is 1. The van der Waals surface area contributed by atoms with Gasteiger partial charge in [-0.1, -0.05) is 12.1 Å². The standard InChI is InChI=1S/C28H35N5O3/c1-21-13-15-31(16-14-21)23-5-3-22(4-6-23)28-29-26(36-30-28)11-12-27(34)33-19-17-32(18-20-33)24-7-9-25(35-2)10-8-24/h3-10,21H,11-20H2,1-2H3. The molecule has 5 rings (SSSR count). The Kier molecular flexibility index (Phi) is 7.39. The van der Waals surface area contributed by atoms with Crippen LogP contribution in [0.4, 0.5) is 11.4 Å². The molecule has 0 N–H and O–H groups in total. The lowest BCUT2D eigenvalue weighted by Gasteiger charge is -2.36. The summed E-state index contributed by atoms with van der Waals surface area (Å²) in [5, 5.41) is 4.14. The van der Waals surface area contributed by atoms with Gasteiger partial charge in [0.2, 0.25) is 17.6 Å². The van der Waals surface area contributed by atoms with Crippen molar-refractivity contribution in [1.82, 2.24) is 15.0 Å². The van der Waals surface area contributed by atoms with E-state index in [1.165, 1.54) is 18.5 Å². The second-order valence-corrected chi connectivity index (χ2v) is 9.79. The molecule has 8 nitrogen and oxygen atoms in total. The van der Waals surface area contributed by atoms with Gasteiger partial charge in [0.05, 0.1) is 7.11 Å². The van der Waals surface area contributed by atoms with E-state index in [0.29, 0.717) is 37.6 Å². The number of anilines is 2. The van der Waals surface area contributed by atoms with Gasteiger partial charge in [0.15, 0.2) is 0 Å². The highest BCUT2D eigenvalue weighted by molar-refractivity contribution is 5.76. The van der Waals surface area contributed by atoms with Crippen molar-refractivity contribution in [2.24, 2.45) is 5.92 Å². The highest BCUT2D eigenvalue weighted by atomic mass is 16.5. The molecule has 2 aromatic carbocycles. The Bertz CT molecular complexity index is 1130. The summed E-state index contributed by atoms with van der Waals surface area (Å²) in [4.78, 5) is 24.0. The predicted octanol–water partition coefficient (Wildman–Crippen LogP) is 4.26. The molecule has 190 valence electrons. The zero-order valence-corrected chi connectivity index (χ0v) is 21.2. The fraction of sp³-hybridized carbons (Fsp3) is 0.464. The number of methoxy groups -OCH3 is 1. The van der Waals surface area contributed by atoms with Gasteiger partial charge in [0.25, 0.3) is 0 Å². The van der Waals surface area contributed by atoms with Gasteiger partial charge in [-0.2, -0.15) is 4.98 Å². The van der Waals surface area contributed by atoms with E-state index in [1.807, 2.05) is 17.0 Å². The number of ether oxygens (including phenoxy) is 1. The maximum atomic E-state index is 12.8. The Morgan fingerprint density at radius 3 is 2.17 bits per heavy atom. The van der Waals surface area contributed by atoms with E-state index in [2.05, 4.69) is 63.3 Å². The van der Waals surface area contributed by atoms with Gasteiger partial charge < -0.3 is 24.0 Å². The number of aromatic nitrogens is 2. The van der Waals surface area contributed by atoms with Crippen molar-refractivity contribution in [3.8, 4) is 17.1 Å². The zero-order chi connectivity index (χ0) is 24.9. The molecule has 0 aliphatic carbocycles. The summed E-state index contributed by atoms with van der Waals surface area (Å²) in [6, 6.07) is 16.4. The number of aryl methyl sites for hydroxylation is 1. The smallest absolute Gasteiger partial charge is 0.227 e. The average molecular weight is 490 g/mol. The van der Waals surface area contributed by atoms with Crippen molar-refractivity contribution in [1.29, 1.82) is 0 Å². The van der Waals surface area contributed by atoms with Gasteiger partial charge in [-0.25, -0.2) is 0 Å². The Hall–Kier alpha value is -3.55. The first kappa shape index (κ1) is 24.2. The molecule has 3 heterocycles. The van der Waals surface area contributed by atoms with Crippen molar-refractivity contribution in [2.45, 2.75) is 32.6 Å². The summed E-state index contributed by atoms with van der Waals surface area (Å²) >= 11 is 0. The fourth-order valence-corrected chi connectivity index (χ4v) is 4.94. The van der Waals surface area contributed by atoms with Crippen molar-refractivity contribution in [3.05, 3.63) is 54.4 Å². The Labute approximate surface area is 212 Å². The molecule has 2 fully saturated rings. The van der Waals surface area contributed by atoms with E-state index in [9.17, 15) is 4.79 Å². The highest BCUT2D eigenvalue weighted by Crippen LogP contribution is 2.26. The first-order chi connectivity index (χ1) is 17.6. The largest absolute Gasteiger partial charge is 0.497 e. The lowest BCUT2D eigenvalue weighted by molar-refractivity contribution is -0.131. The quantitative estimate of drug-likeness (QED) is 0.491. The molecule has 0 spiro atoms. The molecule has 1 amide bonds. The fourth-order valence-electron chi connectivity index (χ4n) is 4.94. The SMILES string of the molecule is COc1ccc(N2CCN(C(=O)CCc3nc(-c4ccc(N5CCC(C)CC5)cc4)no3)CC2)cc1. The third-order valence-corrected chi connectivity index (χ3v) is 7.37. The molecule has 3 aromatic rings. The highest BCUT2D eigenvalue weighted by Gasteiger charge is 2.22. The molecule has 36 heavy (non-hydrogen) atoms. The minimum atomic E-state index is 0.129. The van der Waals surface area contributed by atoms with E-state index >= 15 is 0 Å². The van der Waals surface area contributed by atoms with Crippen LogP contribution in [0.15, 0.2) is 53.1 Å². The topological polar surface area (TPSA) is 74.9 Å². The summed E-state index contributed by atoms with van der Waals surface area (Å²) in [6.45, 7) is 7.59. The first-order valence-electron chi connectivity index (χ1n) is 12.9. The Morgan fingerprint density at radius 2 is 1.53 bits per heavy atom. The van der Waals surface area contributed by atoms with Crippen molar-refractivity contribution >= 4 is 17.3 Å². The Balaban J connectivity index is 1.09. The van der Waals surface area contributed by atoms with Crippen molar-refractivity contribution in [3.63, 3.8) is 0 Å². The van der Waals surface area contributed by atoms with E-state index in [4.69, 9.17) is 9.26 Å². The Morgan fingerprint density at radius 1 is 0.917 bits per heavy atom. The lowest BCUT2D eigenvalue weighted by Crippen LogP contribution is -2.48. The molecule has 0 saturated carbocycles. The molecule has 2 saturated heterocycles. The van der Waals surface area contributed by atoms with Gasteiger partial charge in [-0.3, -0.25) is 4.79 Å². The van der Waals surface area contributed by atoms with Crippen LogP contribution >= 0.6 is 0 Å². The van der Waals surface area contributed by atoms with Crippen LogP contribution in [0.3, 0.4) is 0 Å². The molecule has 0 unspecified atom stereocenters. The summed E-state index contributed by atoms with van der Waals surface area (Å²) in [6.07, 6.45) is 3.31. The van der Waals surface area contributed by atoms with E-state index in [-0.39, 0.29) is 5.91 Å². The van der Waals surface area contributed by atoms with Gasteiger partial charge in [-0.15, -0.1) is 0 Å². The average Bonchev–Trinajstić information content (AvgIpc) is 3.41. The predicted molar refractivity (Wildman–Crippen MR) is 140 cm³/mol. The summed E-state index contributed by atoms with van der Waals surface area (Å²) in [7, 11) is 1.67. The first-order valence-corrected chi connectivity index (χ1v) is 12.9. The van der Waals surface area contributed by atoms with Crippen LogP contribution < -0.4 is 14.5 Å². The van der Waals surface area contributed by atoms with Gasteiger partial charge >= 0.3 is 0 Å². The molecule has 0 radical (unpaired) electrons. The van der Waals surface area contributed by atoms with E-state index < -0.39 is 0 Å². The minimum absolute atomic E-state index is 0.129. The van der Waals surface area contributed by atoms with Crippen molar-refractivity contribution < 1.29 is 14.1 Å². The van der Waals surface area contributed by atoms with Crippen molar-refractivity contribution in [2.75, 3.05) is 56.2 Å².